The summed E-state index contributed by atoms with van der Waals surface area (Å²) in [5, 5.41) is 18.8. The number of hydrogen-bond acceptors (Lipinski definition) is 4. The third-order valence-electron chi connectivity index (χ3n) is 4.18. The number of aliphatic hydroxyl groups is 1. The predicted octanol–water partition coefficient (Wildman–Crippen LogP) is 2.56. The van der Waals surface area contributed by atoms with Gasteiger partial charge >= 0.3 is 0 Å². The van der Waals surface area contributed by atoms with E-state index in [1.54, 1.807) is 42.0 Å². The fourth-order valence-electron chi connectivity index (χ4n) is 2.92. The Labute approximate surface area is 152 Å². The van der Waals surface area contributed by atoms with Gasteiger partial charge in [-0.05, 0) is 36.4 Å². The molecule has 3 aromatic rings. The molecule has 0 spiro atoms. The number of imidazole rings is 1. The summed E-state index contributed by atoms with van der Waals surface area (Å²) < 4.78 is 14.4. The van der Waals surface area contributed by atoms with Gasteiger partial charge in [0.2, 0.25) is 5.62 Å². The molecule has 0 aliphatic carbocycles. The summed E-state index contributed by atoms with van der Waals surface area (Å²) in [7, 11) is 1.61. The highest BCUT2D eigenvalue weighted by molar-refractivity contribution is 5.75. The summed E-state index contributed by atoms with van der Waals surface area (Å²) in [6.45, 7) is 4.72. The fourth-order valence-corrected chi connectivity index (χ4v) is 2.92. The van der Waals surface area contributed by atoms with Crippen molar-refractivity contribution in [2.24, 2.45) is 0 Å². The smallest absolute Gasteiger partial charge is 0.203 e. The number of nitrogens with one attached hydrogen (secondary N) is 1. The number of aromatic nitrogens is 2. The zero-order valence-electron chi connectivity index (χ0n) is 14.8. The van der Waals surface area contributed by atoms with Gasteiger partial charge in [0.1, 0.15) is 24.2 Å². The molecule has 0 fully saturated rings. The van der Waals surface area contributed by atoms with Gasteiger partial charge in [-0.2, -0.15) is 0 Å². The Kier molecular flexibility index (Phi) is 5.43. The molecule has 1 aromatic heterocycles. The Hall–Kier alpha value is -2.99. The van der Waals surface area contributed by atoms with Gasteiger partial charge < -0.3 is 23.7 Å². The minimum atomic E-state index is -0.741. The Morgan fingerprint density at radius 2 is 1.69 bits per heavy atom. The molecule has 2 aromatic carbocycles. The van der Waals surface area contributed by atoms with Crippen LogP contribution in [0.3, 0.4) is 0 Å². The summed E-state index contributed by atoms with van der Waals surface area (Å²) in [5.74, 6) is 1.41. The van der Waals surface area contributed by atoms with E-state index < -0.39 is 6.10 Å². The summed E-state index contributed by atoms with van der Waals surface area (Å²) >= 11 is 0. The maximum atomic E-state index is 10.4. The molecule has 136 valence electrons. The van der Waals surface area contributed by atoms with E-state index in [0.717, 1.165) is 16.8 Å². The Bertz CT molecular complexity index is 941. The van der Waals surface area contributed by atoms with Gasteiger partial charge in [0.05, 0.1) is 24.7 Å². The van der Waals surface area contributed by atoms with Crippen LogP contribution in [0.2, 0.25) is 0 Å². The highest BCUT2D eigenvalue weighted by Gasteiger charge is 2.14. The summed E-state index contributed by atoms with van der Waals surface area (Å²) in [6, 6.07) is 15.0. The van der Waals surface area contributed by atoms with E-state index >= 15 is 0 Å². The number of ether oxygens (including phenoxy) is 2. The largest absolute Gasteiger partial charge is 0.497 e. The molecule has 1 heterocycles. The molecule has 1 atom stereocenters. The first-order valence-corrected chi connectivity index (χ1v) is 8.42. The standard InChI is InChI=1S/C20H23N3O3/c1-3-12-22-18-6-4-5-7-19(18)23(20(22)21)13-15(24)14-26-17-10-8-16(25-2)9-11-17/h3-11,15,21,24H,1,12-14H2,2H3/t15-/m0/s1. The topological polar surface area (TPSA) is 72.4 Å². The molecule has 0 saturated carbocycles. The Balaban J connectivity index is 1.74. The Morgan fingerprint density at radius 1 is 1.08 bits per heavy atom. The molecule has 0 bridgehead atoms. The van der Waals surface area contributed by atoms with Crippen molar-refractivity contribution >= 4 is 11.0 Å². The van der Waals surface area contributed by atoms with E-state index in [1.165, 1.54) is 0 Å². The SMILES string of the molecule is C=CCn1c(=N)n(C[C@H](O)COc2ccc(OC)cc2)c2ccccc21. The molecule has 2 N–H and O–H groups in total. The molecule has 6 nitrogen and oxygen atoms in total. The highest BCUT2D eigenvalue weighted by Crippen LogP contribution is 2.17. The van der Waals surface area contributed by atoms with Crippen molar-refractivity contribution in [3.63, 3.8) is 0 Å². The molecule has 3 rings (SSSR count). The van der Waals surface area contributed by atoms with Crippen LogP contribution >= 0.6 is 0 Å². The second-order valence-corrected chi connectivity index (χ2v) is 5.96. The van der Waals surface area contributed by atoms with Crippen LogP contribution in [0.1, 0.15) is 0 Å². The van der Waals surface area contributed by atoms with Gasteiger partial charge in [0, 0.05) is 6.54 Å². The van der Waals surface area contributed by atoms with Gasteiger partial charge in [-0.3, -0.25) is 5.41 Å². The minimum absolute atomic E-state index is 0.139. The van der Waals surface area contributed by atoms with Crippen LogP contribution in [0.15, 0.2) is 61.2 Å². The van der Waals surface area contributed by atoms with Crippen LogP contribution in [0, 0.1) is 5.41 Å². The quantitative estimate of drug-likeness (QED) is 0.611. The molecule has 0 aliphatic rings. The van der Waals surface area contributed by atoms with E-state index in [2.05, 4.69) is 6.58 Å². The lowest BCUT2D eigenvalue weighted by molar-refractivity contribution is 0.0921. The van der Waals surface area contributed by atoms with E-state index in [0.29, 0.717) is 17.9 Å². The van der Waals surface area contributed by atoms with Crippen molar-refractivity contribution in [1.29, 1.82) is 5.41 Å². The lowest BCUT2D eigenvalue weighted by Gasteiger charge is -2.14. The zero-order chi connectivity index (χ0) is 18.5. The summed E-state index contributed by atoms with van der Waals surface area (Å²) in [6.07, 6.45) is 1.02. The molecular formula is C20H23N3O3. The van der Waals surface area contributed by atoms with Crippen molar-refractivity contribution < 1.29 is 14.6 Å². The highest BCUT2D eigenvalue weighted by atomic mass is 16.5. The Morgan fingerprint density at radius 3 is 2.31 bits per heavy atom. The molecule has 6 heteroatoms. The summed E-state index contributed by atoms with van der Waals surface area (Å²) in [5.41, 5.74) is 2.18. The molecule has 0 radical (unpaired) electrons. The second kappa shape index (κ2) is 7.93. The maximum Gasteiger partial charge on any atom is 0.203 e. The van der Waals surface area contributed by atoms with E-state index in [-0.39, 0.29) is 13.2 Å². The number of aliphatic hydroxyl groups excluding tert-OH is 1. The normalized spacial score (nSPS) is 12.1. The first kappa shape index (κ1) is 17.8. The third kappa shape index (κ3) is 3.65. The second-order valence-electron chi connectivity index (χ2n) is 5.96. The fraction of sp³-hybridized carbons (Fsp3) is 0.250. The van der Waals surface area contributed by atoms with Crippen LogP contribution < -0.4 is 15.1 Å². The van der Waals surface area contributed by atoms with E-state index in [1.807, 2.05) is 28.8 Å². The van der Waals surface area contributed by atoms with Crippen LogP contribution in [-0.4, -0.2) is 34.1 Å². The molecule has 0 aliphatic heterocycles. The van der Waals surface area contributed by atoms with Gasteiger partial charge in [-0.25, -0.2) is 0 Å². The first-order chi connectivity index (χ1) is 12.6. The number of fused-ring (bicyclic) bond motifs is 1. The molecule has 0 amide bonds. The lowest BCUT2D eigenvalue weighted by Crippen LogP contribution is -2.31. The minimum Gasteiger partial charge on any atom is -0.497 e. The van der Waals surface area contributed by atoms with Crippen LogP contribution in [0.4, 0.5) is 0 Å². The number of para-hydroxylation sites is 2. The van der Waals surface area contributed by atoms with Crippen molar-refractivity contribution in [3.8, 4) is 11.5 Å². The number of rotatable bonds is 8. The number of hydrogen-bond donors (Lipinski definition) is 2. The molecule has 0 unspecified atom stereocenters. The van der Waals surface area contributed by atoms with Crippen molar-refractivity contribution in [2.45, 2.75) is 19.2 Å². The summed E-state index contributed by atoms with van der Waals surface area (Å²) in [4.78, 5) is 0. The zero-order valence-corrected chi connectivity index (χ0v) is 14.8. The average Bonchev–Trinajstić information content (AvgIpc) is 2.93. The number of methoxy groups -OCH3 is 1. The van der Waals surface area contributed by atoms with Gasteiger partial charge in [0.15, 0.2) is 0 Å². The molecule has 26 heavy (non-hydrogen) atoms. The van der Waals surface area contributed by atoms with E-state index in [9.17, 15) is 5.11 Å². The molecule has 0 saturated heterocycles. The third-order valence-corrected chi connectivity index (χ3v) is 4.18. The van der Waals surface area contributed by atoms with Crippen LogP contribution in [-0.2, 0) is 13.1 Å². The number of allylic oxidation sites excluding steroid dienone is 1. The van der Waals surface area contributed by atoms with E-state index in [4.69, 9.17) is 14.9 Å². The van der Waals surface area contributed by atoms with Crippen LogP contribution in [0.5, 0.6) is 11.5 Å². The predicted molar refractivity (Wildman–Crippen MR) is 100 cm³/mol. The van der Waals surface area contributed by atoms with Gasteiger partial charge in [-0.1, -0.05) is 18.2 Å². The van der Waals surface area contributed by atoms with Crippen molar-refractivity contribution in [1.82, 2.24) is 9.13 Å². The molecular weight excluding hydrogens is 330 g/mol. The lowest BCUT2D eigenvalue weighted by atomic mass is 10.3. The average molecular weight is 353 g/mol. The van der Waals surface area contributed by atoms with Gasteiger partial charge in [0.25, 0.3) is 0 Å². The van der Waals surface area contributed by atoms with Crippen molar-refractivity contribution in [2.75, 3.05) is 13.7 Å². The maximum absolute atomic E-state index is 10.4. The van der Waals surface area contributed by atoms with Crippen LogP contribution in [0.25, 0.3) is 11.0 Å². The number of nitrogens with zero attached hydrogens (tertiary/aromatic N) is 2. The first-order valence-electron chi connectivity index (χ1n) is 8.42. The van der Waals surface area contributed by atoms with Crippen molar-refractivity contribution in [3.05, 3.63) is 66.8 Å². The monoisotopic (exact) mass is 353 g/mol. The number of benzene rings is 2. The van der Waals surface area contributed by atoms with Gasteiger partial charge in [-0.15, -0.1) is 6.58 Å².